The molecule has 7 heteroatoms. The topological polar surface area (TPSA) is 52.8 Å². The average Bonchev–Trinajstić information content (AvgIpc) is 2.23. The Bertz CT molecular complexity index is 462. The predicted molar refractivity (Wildman–Crippen MR) is 60.0 cm³/mol. The van der Waals surface area contributed by atoms with Crippen molar-refractivity contribution in [1.82, 2.24) is 9.97 Å². The second-order valence-corrected chi connectivity index (χ2v) is 4.14. The first-order chi connectivity index (χ1) is 8.23. The summed E-state index contributed by atoms with van der Waals surface area (Å²) < 4.78 is 37.4. The normalized spacial score (nSPS) is 11.4. The molecule has 1 aromatic rings. The molecule has 0 unspecified atom stereocenters. The van der Waals surface area contributed by atoms with Gasteiger partial charge < -0.3 is 4.90 Å². The van der Waals surface area contributed by atoms with Gasteiger partial charge in [-0.05, 0) is 26.8 Å². The summed E-state index contributed by atoms with van der Waals surface area (Å²) in [4.78, 5) is 8.78. The monoisotopic (exact) mass is 258 g/mol. The van der Waals surface area contributed by atoms with Crippen molar-refractivity contribution in [2.75, 3.05) is 11.4 Å². The zero-order chi connectivity index (χ0) is 13.9. The number of aryl methyl sites for hydroxylation is 1. The van der Waals surface area contributed by atoms with E-state index in [0.717, 1.165) is 4.90 Å². The van der Waals surface area contributed by atoms with Gasteiger partial charge in [0.2, 0.25) is 5.95 Å². The fourth-order valence-corrected chi connectivity index (χ4v) is 1.42. The quantitative estimate of drug-likeness (QED) is 0.835. The van der Waals surface area contributed by atoms with E-state index in [1.54, 1.807) is 26.8 Å². The van der Waals surface area contributed by atoms with Crippen LogP contribution >= 0.6 is 0 Å². The van der Waals surface area contributed by atoms with Crippen LogP contribution in [0.4, 0.5) is 19.1 Å². The van der Waals surface area contributed by atoms with Crippen LogP contribution in [0.2, 0.25) is 0 Å². The molecule has 0 bridgehead atoms. The van der Waals surface area contributed by atoms with Crippen LogP contribution in [0, 0.1) is 18.3 Å². The summed E-state index contributed by atoms with van der Waals surface area (Å²) in [6.07, 6.45) is -4.34. The van der Waals surface area contributed by atoms with Crippen LogP contribution in [0.3, 0.4) is 0 Å². The third-order valence-electron chi connectivity index (χ3n) is 2.19. The summed E-state index contributed by atoms with van der Waals surface area (Å²) in [5.74, 6) is -0.0705. The van der Waals surface area contributed by atoms with Crippen LogP contribution < -0.4 is 4.90 Å². The highest BCUT2D eigenvalue weighted by Crippen LogP contribution is 2.22. The molecule has 1 rings (SSSR count). The minimum Gasteiger partial charge on any atom is -0.329 e. The summed E-state index contributed by atoms with van der Waals surface area (Å²) in [6, 6.07) is 2.82. The number of hydrogen-bond donors (Lipinski definition) is 0. The molecule has 0 amide bonds. The summed E-state index contributed by atoms with van der Waals surface area (Å²) in [5, 5.41) is 8.76. The zero-order valence-corrected chi connectivity index (χ0v) is 10.3. The van der Waals surface area contributed by atoms with E-state index in [1.165, 1.54) is 6.07 Å². The molecule has 0 radical (unpaired) electrons. The molecule has 18 heavy (non-hydrogen) atoms. The minimum atomic E-state index is -4.34. The zero-order valence-electron chi connectivity index (χ0n) is 10.3. The van der Waals surface area contributed by atoms with E-state index in [0.29, 0.717) is 5.69 Å². The van der Waals surface area contributed by atoms with Crippen molar-refractivity contribution >= 4 is 5.95 Å². The number of halogens is 3. The Kier molecular flexibility index (Phi) is 4.11. The van der Waals surface area contributed by atoms with Gasteiger partial charge >= 0.3 is 6.18 Å². The lowest BCUT2D eigenvalue weighted by atomic mass is 10.3. The Balaban J connectivity index is 3.14. The van der Waals surface area contributed by atoms with E-state index in [4.69, 9.17) is 5.26 Å². The third-order valence-corrected chi connectivity index (χ3v) is 2.19. The van der Waals surface area contributed by atoms with Gasteiger partial charge in [0, 0.05) is 11.7 Å². The number of rotatable bonds is 3. The van der Waals surface area contributed by atoms with Crippen molar-refractivity contribution in [2.45, 2.75) is 33.0 Å². The Morgan fingerprint density at radius 1 is 1.39 bits per heavy atom. The molecule has 0 aromatic carbocycles. The van der Waals surface area contributed by atoms with Gasteiger partial charge in [0.05, 0.1) is 0 Å². The van der Waals surface area contributed by atoms with Crippen LogP contribution in [-0.2, 0) is 0 Å². The van der Waals surface area contributed by atoms with E-state index < -0.39 is 18.8 Å². The standard InChI is InChI=1S/C11H13F3N4/c1-7(2)18(6-11(12,13)14)10-16-8(3)4-9(5-15)17-10/h4,7H,6H2,1-3H3. The SMILES string of the molecule is Cc1cc(C#N)nc(N(CC(F)(F)F)C(C)C)n1. The first-order valence-electron chi connectivity index (χ1n) is 5.32. The lowest BCUT2D eigenvalue weighted by Crippen LogP contribution is -2.40. The number of nitriles is 1. The molecule has 0 saturated carbocycles. The van der Waals surface area contributed by atoms with Crippen molar-refractivity contribution in [2.24, 2.45) is 0 Å². The molecule has 0 atom stereocenters. The number of hydrogen-bond acceptors (Lipinski definition) is 4. The van der Waals surface area contributed by atoms with Gasteiger partial charge in [0.15, 0.2) is 0 Å². The second-order valence-electron chi connectivity index (χ2n) is 4.14. The predicted octanol–water partition coefficient (Wildman–Crippen LogP) is 2.43. The molecule has 0 aliphatic heterocycles. The van der Waals surface area contributed by atoms with Crippen LogP contribution in [-0.4, -0.2) is 28.7 Å². The van der Waals surface area contributed by atoms with E-state index in [9.17, 15) is 13.2 Å². The molecule has 98 valence electrons. The molecule has 0 fully saturated rings. The molecule has 0 spiro atoms. The van der Waals surface area contributed by atoms with Crippen LogP contribution in [0.25, 0.3) is 0 Å². The fourth-order valence-electron chi connectivity index (χ4n) is 1.42. The average molecular weight is 258 g/mol. The van der Waals surface area contributed by atoms with E-state index in [2.05, 4.69) is 9.97 Å². The maximum atomic E-state index is 12.5. The fraction of sp³-hybridized carbons (Fsp3) is 0.545. The van der Waals surface area contributed by atoms with E-state index in [1.807, 2.05) is 0 Å². The van der Waals surface area contributed by atoms with Crippen molar-refractivity contribution in [3.8, 4) is 6.07 Å². The lowest BCUT2D eigenvalue weighted by Gasteiger charge is -2.27. The van der Waals surface area contributed by atoms with Crippen molar-refractivity contribution in [3.63, 3.8) is 0 Å². The first-order valence-corrected chi connectivity index (χ1v) is 5.32. The van der Waals surface area contributed by atoms with Crippen LogP contribution in [0.1, 0.15) is 25.2 Å². The highest BCUT2D eigenvalue weighted by Gasteiger charge is 2.33. The molecule has 0 saturated heterocycles. The molecule has 0 aliphatic rings. The summed E-state index contributed by atoms with van der Waals surface area (Å²) in [7, 11) is 0. The Hall–Kier alpha value is -1.84. The van der Waals surface area contributed by atoms with Crippen LogP contribution in [0.5, 0.6) is 0 Å². The van der Waals surface area contributed by atoms with Gasteiger partial charge in [-0.1, -0.05) is 0 Å². The van der Waals surface area contributed by atoms with E-state index >= 15 is 0 Å². The number of aromatic nitrogens is 2. The van der Waals surface area contributed by atoms with Gasteiger partial charge in [0.1, 0.15) is 18.3 Å². The summed E-state index contributed by atoms with van der Waals surface area (Å²) in [6.45, 7) is 3.70. The molecule has 0 aliphatic carbocycles. The smallest absolute Gasteiger partial charge is 0.329 e. The second kappa shape index (κ2) is 5.21. The van der Waals surface area contributed by atoms with Crippen molar-refractivity contribution < 1.29 is 13.2 Å². The van der Waals surface area contributed by atoms with Gasteiger partial charge in [-0.25, -0.2) is 9.97 Å². The van der Waals surface area contributed by atoms with Crippen molar-refractivity contribution in [3.05, 3.63) is 17.5 Å². The number of nitrogens with zero attached hydrogens (tertiary/aromatic N) is 4. The molecule has 4 nitrogen and oxygen atoms in total. The van der Waals surface area contributed by atoms with Crippen molar-refractivity contribution in [1.29, 1.82) is 5.26 Å². The molecular formula is C11H13F3N4. The number of alkyl halides is 3. The molecular weight excluding hydrogens is 245 g/mol. The summed E-state index contributed by atoms with van der Waals surface area (Å²) in [5.41, 5.74) is 0.523. The molecule has 0 N–H and O–H groups in total. The molecule has 1 aromatic heterocycles. The maximum Gasteiger partial charge on any atom is 0.406 e. The van der Waals surface area contributed by atoms with Gasteiger partial charge in [0.25, 0.3) is 0 Å². The highest BCUT2D eigenvalue weighted by atomic mass is 19.4. The highest BCUT2D eigenvalue weighted by molar-refractivity contribution is 5.37. The van der Waals surface area contributed by atoms with Gasteiger partial charge in [-0.3, -0.25) is 0 Å². The third kappa shape index (κ3) is 3.87. The molecule has 1 heterocycles. The summed E-state index contributed by atoms with van der Waals surface area (Å²) >= 11 is 0. The maximum absolute atomic E-state index is 12.5. The number of anilines is 1. The van der Waals surface area contributed by atoms with E-state index in [-0.39, 0.29) is 11.6 Å². The minimum absolute atomic E-state index is 0.0605. The Morgan fingerprint density at radius 2 is 2.00 bits per heavy atom. The lowest BCUT2D eigenvalue weighted by molar-refractivity contribution is -0.120. The Morgan fingerprint density at radius 3 is 2.44 bits per heavy atom. The Labute approximate surface area is 103 Å². The van der Waals surface area contributed by atoms with Gasteiger partial charge in [-0.2, -0.15) is 18.4 Å². The van der Waals surface area contributed by atoms with Crippen LogP contribution in [0.15, 0.2) is 6.07 Å². The van der Waals surface area contributed by atoms with Gasteiger partial charge in [-0.15, -0.1) is 0 Å². The largest absolute Gasteiger partial charge is 0.406 e. The first kappa shape index (κ1) is 14.2.